The molecule has 0 bridgehead atoms. The molecule has 0 aromatic rings. The summed E-state index contributed by atoms with van der Waals surface area (Å²) < 4.78 is 2.64. The van der Waals surface area contributed by atoms with E-state index in [-0.39, 0.29) is 44.0 Å². The van der Waals surface area contributed by atoms with Crippen molar-refractivity contribution in [1.29, 1.82) is 0 Å². The molecule has 23 heavy (non-hydrogen) atoms. The molecule has 0 radical (unpaired) electrons. The van der Waals surface area contributed by atoms with Gasteiger partial charge in [0.05, 0.1) is 0 Å². The molecule has 0 aromatic heterocycles. The molecule has 1 aliphatic carbocycles. The van der Waals surface area contributed by atoms with E-state index >= 15 is 0 Å². The van der Waals surface area contributed by atoms with E-state index in [1.807, 2.05) is 3.88 Å². The van der Waals surface area contributed by atoms with Gasteiger partial charge in [-0.05, 0) is 0 Å². The smallest absolute Gasteiger partial charge is 0.147 e. The van der Waals surface area contributed by atoms with Gasteiger partial charge < -0.3 is 0 Å². The van der Waals surface area contributed by atoms with Crippen LogP contribution in [0.25, 0.3) is 0 Å². The van der Waals surface area contributed by atoms with Gasteiger partial charge in [-0.2, -0.15) is 0 Å². The standard InChI is InChI=1S/C15H25.C4H10N.2ClH.Ti/c1-3-5-7-9-14-11-12-15(13-14)10-8-6-4-2;1-4-5(2)3;;;/h13H,3-11H2,1-2H3;4H,1-3H3;2*1H;. The minimum absolute atomic E-state index is 0. The van der Waals surface area contributed by atoms with Gasteiger partial charge in [0.25, 0.3) is 0 Å². The first-order valence-electron chi connectivity index (χ1n) is 8.92. The Morgan fingerprint density at radius 1 is 1.00 bits per heavy atom. The van der Waals surface area contributed by atoms with Crippen molar-refractivity contribution in [1.82, 2.24) is 4.90 Å². The maximum Gasteiger partial charge on any atom is -0.147 e. The van der Waals surface area contributed by atoms with E-state index < -0.39 is 0 Å². The molecule has 0 aromatic carbocycles. The van der Waals surface area contributed by atoms with Crippen LogP contribution in [0.15, 0.2) is 21.1 Å². The van der Waals surface area contributed by atoms with Gasteiger partial charge in [0.1, 0.15) is 0 Å². The maximum atomic E-state index is 2.59. The van der Waals surface area contributed by atoms with Crippen molar-refractivity contribution < 1.29 is 19.2 Å². The first-order valence-corrected chi connectivity index (χ1v) is 10.6. The molecule has 0 fully saturated rings. The molecule has 4 heteroatoms. The Morgan fingerprint density at radius 3 is 2.09 bits per heavy atom. The number of halogens is 2. The van der Waals surface area contributed by atoms with Crippen molar-refractivity contribution >= 4 is 24.8 Å². The number of nitrogens with zero attached hydrogens (tertiary/aromatic N) is 1. The van der Waals surface area contributed by atoms with Crippen LogP contribution in [-0.4, -0.2) is 23.3 Å². The summed E-state index contributed by atoms with van der Waals surface area (Å²) in [5, 5.41) is 0. The van der Waals surface area contributed by atoms with E-state index in [0.29, 0.717) is 0 Å². The second-order valence-corrected chi connectivity index (χ2v) is 9.38. The van der Waals surface area contributed by atoms with Gasteiger partial charge in [0.2, 0.25) is 0 Å². The van der Waals surface area contributed by atoms with Gasteiger partial charge in [-0.15, -0.1) is 24.8 Å². The van der Waals surface area contributed by atoms with E-state index in [9.17, 15) is 0 Å². The summed E-state index contributed by atoms with van der Waals surface area (Å²) in [6, 6.07) is 0. The molecule has 1 unspecified atom stereocenters. The molecule has 0 aliphatic heterocycles. The van der Waals surface area contributed by atoms with Crippen LogP contribution in [0.1, 0.15) is 78.6 Å². The topological polar surface area (TPSA) is 3.24 Å². The predicted molar refractivity (Wildman–Crippen MR) is 106 cm³/mol. The van der Waals surface area contributed by atoms with Crippen LogP contribution in [0.2, 0.25) is 0 Å². The Labute approximate surface area is 166 Å². The molecular weight excluding hydrogens is 361 g/mol. The van der Waals surface area contributed by atoms with Crippen molar-refractivity contribution in [2.75, 3.05) is 14.1 Å². The second kappa shape index (κ2) is 15.0. The number of hydrogen-bond donors (Lipinski definition) is 0. The zero-order chi connectivity index (χ0) is 15.7. The van der Waals surface area contributed by atoms with E-state index in [1.54, 1.807) is 11.1 Å². The molecule has 1 rings (SSSR count). The van der Waals surface area contributed by atoms with Crippen LogP contribution in [0.5, 0.6) is 0 Å². The van der Waals surface area contributed by atoms with Gasteiger partial charge in [-0.3, -0.25) is 0 Å². The Kier molecular flexibility index (Phi) is 17.0. The van der Waals surface area contributed by atoms with Crippen molar-refractivity contribution in [2.24, 2.45) is 0 Å². The Hall–Kier alpha value is 0.734. The monoisotopic (exact) mass is 397 g/mol. The van der Waals surface area contributed by atoms with Gasteiger partial charge in [0, 0.05) is 0 Å². The summed E-state index contributed by atoms with van der Waals surface area (Å²) in [5.41, 5.74) is 3.48. The van der Waals surface area contributed by atoms with Crippen molar-refractivity contribution in [3.05, 3.63) is 21.1 Å². The van der Waals surface area contributed by atoms with Crippen LogP contribution >= 0.6 is 24.8 Å². The van der Waals surface area contributed by atoms with Crippen LogP contribution < -0.4 is 0 Å². The number of rotatable bonds is 11. The first kappa shape index (κ1) is 26.0. The molecule has 136 valence electrons. The maximum absolute atomic E-state index is 2.59. The number of allylic oxidation sites excluding steroid dienone is 4. The number of unbranched alkanes of at least 4 members (excludes halogenated alkanes) is 4. The van der Waals surface area contributed by atoms with E-state index in [4.69, 9.17) is 0 Å². The Balaban J connectivity index is 0. The zero-order valence-corrected chi connectivity index (χ0v) is 19.0. The fourth-order valence-corrected chi connectivity index (χ4v) is 5.10. The van der Waals surface area contributed by atoms with Gasteiger partial charge in [0.15, 0.2) is 0 Å². The molecule has 0 saturated carbocycles. The number of hydrogen-bond acceptors (Lipinski definition) is 1. The minimum Gasteiger partial charge on any atom is -0.147 e. The normalized spacial score (nSPS) is 15.1. The van der Waals surface area contributed by atoms with Crippen LogP contribution in [0, 0.1) is 0 Å². The van der Waals surface area contributed by atoms with Crippen molar-refractivity contribution in [2.45, 2.75) is 82.9 Å². The zero-order valence-electron chi connectivity index (χ0n) is 15.8. The third-order valence-electron chi connectivity index (χ3n) is 4.48. The molecule has 0 spiro atoms. The largest absolute Gasteiger partial charge is 0.147 e. The van der Waals surface area contributed by atoms with Crippen molar-refractivity contribution in [3.63, 3.8) is 0 Å². The Morgan fingerprint density at radius 2 is 1.57 bits per heavy atom. The van der Waals surface area contributed by atoms with E-state index in [0.717, 1.165) is 4.35 Å². The average Bonchev–Trinajstić information content (AvgIpc) is 2.81. The molecule has 0 N–H and O–H groups in total. The van der Waals surface area contributed by atoms with Crippen LogP contribution in [-0.2, 0) is 19.2 Å². The summed E-state index contributed by atoms with van der Waals surface area (Å²) in [6.07, 6.45) is 14.8. The van der Waals surface area contributed by atoms with Crippen LogP contribution in [0.4, 0.5) is 0 Å². The summed E-state index contributed by atoms with van der Waals surface area (Å²) in [5.74, 6) is 0. The molecule has 0 saturated heterocycles. The van der Waals surface area contributed by atoms with Crippen molar-refractivity contribution in [3.8, 4) is 0 Å². The van der Waals surface area contributed by atoms with E-state index in [2.05, 4.69) is 45.8 Å². The molecule has 1 atom stereocenters. The SMILES string of the molecule is CCCCCC1=CC(CCCCC)=[C]([Ti][CH](C)N(C)C)C1.Cl.Cl. The second-order valence-electron chi connectivity index (χ2n) is 6.68. The summed E-state index contributed by atoms with van der Waals surface area (Å²) >= 11 is 0.0138. The third kappa shape index (κ3) is 10.3. The third-order valence-corrected chi connectivity index (χ3v) is 7.26. The van der Waals surface area contributed by atoms with Gasteiger partial charge in [-0.25, -0.2) is 0 Å². The quantitative estimate of drug-likeness (QED) is 0.281. The first-order chi connectivity index (χ1) is 10.1. The van der Waals surface area contributed by atoms with Crippen LogP contribution in [0.3, 0.4) is 0 Å². The molecule has 1 aliphatic rings. The van der Waals surface area contributed by atoms with Gasteiger partial charge >= 0.3 is 142 Å². The molecular formula is C19H37Cl2NTi. The average molecular weight is 398 g/mol. The fourth-order valence-electron chi connectivity index (χ4n) is 2.80. The molecule has 1 nitrogen and oxygen atoms in total. The molecule has 0 heterocycles. The van der Waals surface area contributed by atoms with E-state index in [1.165, 1.54) is 57.8 Å². The summed E-state index contributed by atoms with van der Waals surface area (Å²) in [4.78, 5) is 2.41. The summed E-state index contributed by atoms with van der Waals surface area (Å²) in [6.45, 7) is 7.01. The summed E-state index contributed by atoms with van der Waals surface area (Å²) in [7, 11) is 4.46. The minimum atomic E-state index is 0. The fraction of sp³-hybridized carbons (Fsp3) is 0.789. The Bertz CT molecular complexity index is 364. The van der Waals surface area contributed by atoms with Gasteiger partial charge in [-0.1, -0.05) is 0 Å². The molecule has 0 amide bonds. The predicted octanol–water partition coefficient (Wildman–Crippen LogP) is 6.56.